The van der Waals surface area contributed by atoms with Crippen LogP contribution in [0.5, 0.6) is 0 Å². The number of benzene rings is 1. The fourth-order valence-corrected chi connectivity index (χ4v) is 2.41. The zero-order valence-electron chi connectivity index (χ0n) is 9.60. The van der Waals surface area contributed by atoms with Gasteiger partial charge in [0.1, 0.15) is 11.9 Å². The van der Waals surface area contributed by atoms with Crippen molar-refractivity contribution in [2.45, 2.75) is 25.4 Å². The van der Waals surface area contributed by atoms with Gasteiger partial charge in [-0.15, -0.1) is 12.4 Å². The highest BCUT2D eigenvalue weighted by atomic mass is 79.9. The molecule has 0 aliphatic carbocycles. The van der Waals surface area contributed by atoms with Crippen LogP contribution >= 0.6 is 28.3 Å². The Hall–Kier alpha value is -0.650. The highest BCUT2D eigenvalue weighted by molar-refractivity contribution is 9.10. The molecule has 1 aromatic carbocycles. The lowest BCUT2D eigenvalue weighted by Crippen LogP contribution is -2.35. The summed E-state index contributed by atoms with van der Waals surface area (Å²) in [6.07, 6.45) is 1.56. The molecule has 1 fully saturated rings. The van der Waals surface area contributed by atoms with Gasteiger partial charge in [0, 0.05) is 6.54 Å². The number of carboxylic acids is 1. The minimum absolute atomic E-state index is 0. The Morgan fingerprint density at radius 3 is 2.89 bits per heavy atom. The molecular formula is C12H14BrClFNO2. The van der Waals surface area contributed by atoms with Crippen LogP contribution in [0.15, 0.2) is 22.7 Å². The van der Waals surface area contributed by atoms with Gasteiger partial charge >= 0.3 is 5.97 Å². The molecule has 0 aromatic heterocycles. The van der Waals surface area contributed by atoms with E-state index in [2.05, 4.69) is 15.9 Å². The van der Waals surface area contributed by atoms with Crippen molar-refractivity contribution in [2.24, 2.45) is 0 Å². The van der Waals surface area contributed by atoms with E-state index in [0.29, 0.717) is 17.4 Å². The summed E-state index contributed by atoms with van der Waals surface area (Å²) in [7, 11) is 0. The Balaban J connectivity index is 0.00000162. The molecule has 18 heavy (non-hydrogen) atoms. The summed E-state index contributed by atoms with van der Waals surface area (Å²) in [5.74, 6) is -1.10. The summed E-state index contributed by atoms with van der Waals surface area (Å²) in [4.78, 5) is 12.9. The van der Waals surface area contributed by atoms with Gasteiger partial charge < -0.3 is 5.11 Å². The van der Waals surface area contributed by atoms with Crippen LogP contribution in [-0.4, -0.2) is 28.6 Å². The topological polar surface area (TPSA) is 40.5 Å². The molecule has 0 bridgehead atoms. The molecule has 0 radical (unpaired) electrons. The molecule has 3 nitrogen and oxygen atoms in total. The second-order valence-electron chi connectivity index (χ2n) is 4.22. The fraction of sp³-hybridized carbons (Fsp3) is 0.417. The molecule has 0 unspecified atom stereocenters. The number of hydrogen-bond donors (Lipinski definition) is 1. The molecule has 1 aromatic rings. The molecule has 1 heterocycles. The number of likely N-dealkylation sites (tertiary alicyclic amines) is 1. The van der Waals surface area contributed by atoms with Crippen molar-refractivity contribution in [2.75, 3.05) is 6.54 Å². The van der Waals surface area contributed by atoms with Gasteiger partial charge in [0.25, 0.3) is 0 Å². The lowest BCUT2D eigenvalue weighted by Gasteiger charge is -2.21. The van der Waals surface area contributed by atoms with Crippen LogP contribution < -0.4 is 0 Å². The smallest absolute Gasteiger partial charge is 0.320 e. The van der Waals surface area contributed by atoms with Gasteiger partial charge in [0.05, 0.1) is 4.47 Å². The van der Waals surface area contributed by atoms with Gasteiger partial charge in [0.2, 0.25) is 0 Å². The van der Waals surface area contributed by atoms with Crippen molar-refractivity contribution in [3.8, 4) is 0 Å². The summed E-state index contributed by atoms with van der Waals surface area (Å²) >= 11 is 3.09. The summed E-state index contributed by atoms with van der Waals surface area (Å²) in [5, 5.41) is 9.04. The SMILES string of the molecule is Cl.O=C(O)[C@H]1CCCN1Cc1ccc(Br)c(F)c1. The molecule has 2 rings (SSSR count). The summed E-state index contributed by atoms with van der Waals surface area (Å²) < 4.78 is 13.8. The minimum atomic E-state index is -0.792. The molecule has 1 saturated heterocycles. The third-order valence-corrected chi connectivity index (χ3v) is 3.66. The van der Waals surface area contributed by atoms with E-state index in [1.807, 2.05) is 11.0 Å². The monoisotopic (exact) mass is 337 g/mol. The minimum Gasteiger partial charge on any atom is -0.480 e. The highest BCUT2D eigenvalue weighted by Gasteiger charge is 2.30. The number of hydrogen-bond acceptors (Lipinski definition) is 2. The molecule has 1 N–H and O–H groups in total. The van der Waals surface area contributed by atoms with E-state index in [1.54, 1.807) is 6.07 Å². The third kappa shape index (κ3) is 3.43. The maximum atomic E-state index is 13.3. The Kier molecular flexibility index (Phi) is 5.56. The van der Waals surface area contributed by atoms with Gasteiger partial charge in [-0.2, -0.15) is 0 Å². The first-order chi connectivity index (χ1) is 8.08. The van der Waals surface area contributed by atoms with Crippen molar-refractivity contribution < 1.29 is 14.3 Å². The second-order valence-corrected chi connectivity index (χ2v) is 5.07. The zero-order valence-corrected chi connectivity index (χ0v) is 12.0. The number of aliphatic carboxylic acids is 1. The van der Waals surface area contributed by atoms with Crippen molar-refractivity contribution in [1.82, 2.24) is 4.90 Å². The summed E-state index contributed by atoms with van der Waals surface area (Å²) in [5.41, 5.74) is 0.804. The first-order valence-electron chi connectivity index (χ1n) is 5.48. The van der Waals surface area contributed by atoms with E-state index in [1.165, 1.54) is 6.07 Å². The van der Waals surface area contributed by atoms with Crippen LogP contribution in [0.4, 0.5) is 4.39 Å². The van der Waals surface area contributed by atoms with Crippen LogP contribution in [0.1, 0.15) is 18.4 Å². The van der Waals surface area contributed by atoms with Crippen molar-refractivity contribution in [3.63, 3.8) is 0 Å². The molecule has 1 atom stereocenters. The first kappa shape index (κ1) is 15.4. The van der Waals surface area contributed by atoms with E-state index >= 15 is 0 Å². The molecule has 1 aliphatic rings. The van der Waals surface area contributed by atoms with Gasteiger partial charge in [-0.05, 0) is 53.0 Å². The Bertz CT molecular complexity index is 444. The molecule has 1 aliphatic heterocycles. The maximum Gasteiger partial charge on any atom is 0.320 e. The van der Waals surface area contributed by atoms with Crippen molar-refractivity contribution in [1.29, 1.82) is 0 Å². The Labute approximate surface area is 120 Å². The van der Waals surface area contributed by atoms with Crippen LogP contribution in [0.3, 0.4) is 0 Å². The summed E-state index contributed by atoms with van der Waals surface area (Å²) in [6.45, 7) is 1.25. The number of carbonyl (C=O) groups is 1. The molecule has 100 valence electrons. The van der Waals surface area contributed by atoms with E-state index in [0.717, 1.165) is 18.5 Å². The van der Waals surface area contributed by atoms with Gasteiger partial charge in [-0.1, -0.05) is 6.07 Å². The van der Waals surface area contributed by atoms with Crippen LogP contribution in [0, 0.1) is 5.82 Å². The Morgan fingerprint density at radius 2 is 2.28 bits per heavy atom. The average molecular weight is 339 g/mol. The zero-order chi connectivity index (χ0) is 12.4. The molecular weight excluding hydrogens is 324 g/mol. The van der Waals surface area contributed by atoms with Gasteiger partial charge in [-0.25, -0.2) is 4.39 Å². The molecule has 6 heteroatoms. The van der Waals surface area contributed by atoms with Crippen molar-refractivity contribution >= 4 is 34.3 Å². The fourth-order valence-electron chi connectivity index (χ4n) is 2.17. The largest absolute Gasteiger partial charge is 0.480 e. The van der Waals surface area contributed by atoms with E-state index in [-0.39, 0.29) is 18.2 Å². The Morgan fingerprint density at radius 1 is 1.56 bits per heavy atom. The van der Waals surface area contributed by atoms with E-state index in [9.17, 15) is 9.18 Å². The van der Waals surface area contributed by atoms with Crippen LogP contribution in [0.25, 0.3) is 0 Å². The van der Waals surface area contributed by atoms with Crippen LogP contribution in [-0.2, 0) is 11.3 Å². The predicted molar refractivity (Wildman–Crippen MR) is 72.4 cm³/mol. The summed E-state index contributed by atoms with van der Waals surface area (Å²) in [6, 6.07) is 4.48. The third-order valence-electron chi connectivity index (χ3n) is 3.02. The van der Waals surface area contributed by atoms with E-state index in [4.69, 9.17) is 5.11 Å². The average Bonchev–Trinajstić information content (AvgIpc) is 2.72. The number of carboxylic acid groups (broad SMARTS) is 1. The molecule has 0 saturated carbocycles. The lowest BCUT2D eigenvalue weighted by molar-refractivity contribution is -0.142. The van der Waals surface area contributed by atoms with Crippen molar-refractivity contribution in [3.05, 3.63) is 34.1 Å². The number of halogens is 3. The standard InChI is InChI=1S/C12H13BrFNO2.ClH/c13-9-4-3-8(6-10(9)14)7-15-5-1-2-11(15)12(16)17;/h3-4,6,11H,1-2,5,7H2,(H,16,17);1H/t11-;/m1./s1. The number of nitrogens with zero attached hydrogens (tertiary/aromatic N) is 1. The highest BCUT2D eigenvalue weighted by Crippen LogP contribution is 2.22. The lowest BCUT2D eigenvalue weighted by atomic mass is 10.2. The predicted octanol–water partition coefficient (Wildman–Crippen LogP) is 3.06. The number of rotatable bonds is 3. The second kappa shape index (κ2) is 6.50. The normalized spacial score (nSPS) is 19.6. The first-order valence-corrected chi connectivity index (χ1v) is 6.28. The molecule has 0 spiro atoms. The van der Waals surface area contributed by atoms with E-state index < -0.39 is 12.0 Å². The van der Waals surface area contributed by atoms with Crippen LogP contribution in [0.2, 0.25) is 0 Å². The van der Waals surface area contributed by atoms with Gasteiger partial charge in [0.15, 0.2) is 0 Å². The maximum absolute atomic E-state index is 13.3. The molecule has 0 amide bonds. The quantitative estimate of drug-likeness (QED) is 0.921. The van der Waals surface area contributed by atoms with Gasteiger partial charge in [-0.3, -0.25) is 9.69 Å².